The summed E-state index contributed by atoms with van der Waals surface area (Å²) in [5.41, 5.74) is 15.4. The van der Waals surface area contributed by atoms with Gasteiger partial charge >= 0.3 is 5.97 Å². The molecule has 0 radical (unpaired) electrons. The van der Waals surface area contributed by atoms with E-state index in [-0.39, 0.29) is 45.8 Å². The summed E-state index contributed by atoms with van der Waals surface area (Å²) in [6, 6.07) is 34.7. The predicted octanol–water partition coefficient (Wildman–Crippen LogP) is 9.49. The number of carboxylic acids is 1. The minimum atomic E-state index is -0.773. The van der Waals surface area contributed by atoms with Crippen LogP contribution in [0.15, 0.2) is 97.1 Å². The highest BCUT2D eigenvalue weighted by atomic mass is 16.4. The van der Waals surface area contributed by atoms with E-state index in [1.165, 1.54) is 43.2 Å². The van der Waals surface area contributed by atoms with Crippen molar-refractivity contribution in [3.63, 3.8) is 0 Å². The molecule has 0 aromatic heterocycles. The molecule has 4 rings (SSSR count). The van der Waals surface area contributed by atoms with Crippen molar-refractivity contribution in [3.8, 4) is 0 Å². The van der Waals surface area contributed by atoms with Crippen LogP contribution in [0.3, 0.4) is 0 Å². The monoisotopic (exact) mass is 950 g/mol. The van der Waals surface area contributed by atoms with Crippen LogP contribution in [0.5, 0.6) is 0 Å². The molecule has 5 N–H and O–H groups in total. The fourth-order valence-electron chi connectivity index (χ4n) is 8.21. The normalized spacial score (nSPS) is 12.3. The summed E-state index contributed by atoms with van der Waals surface area (Å²) in [5, 5.41) is 9.37. The van der Waals surface area contributed by atoms with Crippen LogP contribution in [0.2, 0.25) is 0 Å². The first-order valence-corrected chi connectivity index (χ1v) is 25.8. The zero-order valence-electron chi connectivity index (χ0n) is 46.9. The van der Waals surface area contributed by atoms with E-state index in [9.17, 15) is 14.7 Å². The van der Waals surface area contributed by atoms with E-state index in [0.29, 0.717) is 6.42 Å². The number of hydrogen-bond donors (Lipinski definition) is 4. The van der Waals surface area contributed by atoms with Crippen LogP contribution in [0, 0.1) is 0 Å². The van der Waals surface area contributed by atoms with Crippen molar-refractivity contribution in [2.45, 2.75) is 149 Å². The lowest BCUT2D eigenvalue weighted by Crippen LogP contribution is -3.05. The van der Waals surface area contributed by atoms with Crippen LogP contribution in [0.1, 0.15) is 172 Å². The second-order valence-corrected chi connectivity index (χ2v) is 24.3. The molecule has 0 heterocycles. The smallest absolute Gasteiger partial charge is 0.304 e. The van der Waals surface area contributed by atoms with Crippen LogP contribution in [-0.4, -0.2) is 108 Å². The van der Waals surface area contributed by atoms with E-state index in [1.807, 2.05) is 0 Å². The molecular weight excluding hydrogens is 851 g/mol. The van der Waals surface area contributed by atoms with Gasteiger partial charge in [-0.25, -0.2) is 0 Å². The quantitative estimate of drug-likeness (QED) is 0.0752. The fourth-order valence-corrected chi connectivity index (χ4v) is 8.21. The van der Waals surface area contributed by atoms with Gasteiger partial charge in [0.2, 0.25) is 5.91 Å². The maximum absolute atomic E-state index is 13.8. The van der Waals surface area contributed by atoms with Crippen LogP contribution >= 0.6 is 0 Å². The van der Waals surface area contributed by atoms with E-state index < -0.39 is 5.97 Å². The lowest BCUT2D eigenvalue weighted by atomic mass is 9.81. The van der Waals surface area contributed by atoms with Crippen LogP contribution in [0.25, 0.3) is 0 Å². The van der Waals surface area contributed by atoms with Gasteiger partial charge in [0.1, 0.15) is 0 Å². The van der Waals surface area contributed by atoms with E-state index >= 15 is 0 Å². The van der Waals surface area contributed by atoms with Gasteiger partial charge in [-0.2, -0.15) is 0 Å². The molecule has 0 saturated carbocycles. The molecule has 0 saturated heterocycles. The number of carbonyl (C=O) groups is 2. The van der Waals surface area contributed by atoms with Crippen molar-refractivity contribution in [2.24, 2.45) is 5.73 Å². The summed E-state index contributed by atoms with van der Waals surface area (Å²) < 4.78 is 0. The number of nitrogens with two attached hydrogens (primary N) is 1. The Morgan fingerprint density at radius 2 is 0.754 bits per heavy atom. The number of nitrogens with zero attached hydrogens (tertiary/aromatic N) is 2. The summed E-state index contributed by atoms with van der Waals surface area (Å²) in [6.07, 6.45) is 3.78. The second kappa shape index (κ2) is 27.9. The zero-order valence-corrected chi connectivity index (χ0v) is 46.9. The van der Waals surface area contributed by atoms with Gasteiger partial charge in [0, 0.05) is 44.2 Å². The lowest BCUT2D eigenvalue weighted by Gasteiger charge is -2.27. The second-order valence-electron chi connectivity index (χ2n) is 24.3. The third-order valence-electron chi connectivity index (χ3n) is 12.8. The maximum Gasteiger partial charge on any atom is 0.304 e. The Bertz CT molecular complexity index is 1930. The first kappa shape index (κ1) is 60.8. The van der Waals surface area contributed by atoms with Gasteiger partial charge in [0.25, 0.3) is 0 Å². The van der Waals surface area contributed by atoms with E-state index in [2.05, 4.69) is 232 Å². The number of amides is 1. The molecule has 0 aliphatic heterocycles. The molecule has 8 nitrogen and oxygen atoms in total. The molecule has 0 fully saturated rings. The van der Waals surface area contributed by atoms with Gasteiger partial charge in [-0.05, 0) is 99.8 Å². The minimum absolute atomic E-state index is 0.0528. The number of quaternary nitrogens is 2. The van der Waals surface area contributed by atoms with Crippen LogP contribution < -0.4 is 15.5 Å². The van der Waals surface area contributed by atoms with Crippen molar-refractivity contribution in [2.75, 3.05) is 81.6 Å². The molecule has 1 amide bonds. The standard InChI is InChI=1S/C33H53N3O.C23H30O2.C5H14N2/c1-32(2,3)28-17-13-26(14-18-28)30(27-15-19-29(20-16-27)33(4,5)6)25-31(37)36(23-11-21-34(7)8)24-12-22-35(9)10;1-22(2,3)18-11-7-16(8-12-18)20(15-21(24)25)17-9-13-19(14-10-17)23(4,5)6;1-7(2)5-3-4-6/h13-20,30H,11-12,21-25H2,1-10H3;7-14,20H,15H2,1-6H3,(H,24,25);3-6H2,1-2H3/p+2. The Labute approximate surface area is 422 Å². The van der Waals surface area contributed by atoms with E-state index in [4.69, 9.17) is 5.73 Å². The summed E-state index contributed by atoms with van der Waals surface area (Å²) >= 11 is 0. The van der Waals surface area contributed by atoms with Gasteiger partial charge in [-0.1, -0.05) is 180 Å². The zero-order chi connectivity index (χ0) is 52.3. The Kier molecular flexibility index (Phi) is 24.6. The molecule has 0 aliphatic carbocycles. The SMILES string of the molecule is CC(C)(C)c1ccc(C(CC(=O)O)c2ccc(C(C)(C)C)cc2)cc1.CN(C)CCCN.C[NH+](C)CCCN(CCC[NH+](C)C)C(=O)CC(c1ccc(C(C)(C)C)cc1)c1ccc(C(C)(C)C)cc1. The summed E-state index contributed by atoms with van der Waals surface area (Å²) in [7, 11) is 12.8. The molecule has 0 bridgehead atoms. The van der Waals surface area contributed by atoms with Gasteiger partial charge in [0.05, 0.1) is 47.7 Å². The molecule has 0 unspecified atom stereocenters. The molecule has 0 atom stereocenters. The number of carboxylic acid groups (broad SMARTS) is 1. The van der Waals surface area contributed by atoms with E-state index in [1.54, 1.807) is 0 Å². The van der Waals surface area contributed by atoms with Crippen molar-refractivity contribution in [3.05, 3.63) is 142 Å². The van der Waals surface area contributed by atoms with Gasteiger partial charge in [-0.3, -0.25) is 9.59 Å². The largest absolute Gasteiger partial charge is 0.481 e. The average molecular weight is 950 g/mol. The third kappa shape index (κ3) is 22.5. The number of nitrogens with one attached hydrogen (secondary N) is 2. The number of carbonyl (C=O) groups excluding carboxylic acids is 1. The van der Waals surface area contributed by atoms with Crippen molar-refractivity contribution >= 4 is 11.9 Å². The fraction of sp³-hybridized carbons (Fsp3) is 0.574. The molecule has 384 valence electrons. The molecule has 8 heteroatoms. The Morgan fingerprint density at radius 1 is 0.478 bits per heavy atom. The molecule has 0 aliphatic rings. The number of rotatable bonds is 19. The Balaban J connectivity index is 0.000000438. The predicted molar refractivity (Wildman–Crippen MR) is 295 cm³/mol. The molecular formula is C61H99N5O3+2. The van der Waals surface area contributed by atoms with Gasteiger partial charge in [0.15, 0.2) is 0 Å². The van der Waals surface area contributed by atoms with Crippen LogP contribution in [-0.2, 0) is 31.2 Å². The minimum Gasteiger partial charge on any atom is -0.481 e. The van der Waals surface area contributed by atoms with Gasteiger partial charge < -0.3 is 30.4 Å². The Morgan fingerprint density at radius 3 is 0.957 bits per heavy atom. The highest BCUT2D eigenvalue weighted by molar-refractivity contribution is 5.78. The number of aliphatic carboxylic acids is 1. The molecule has 69 heavy (non-hydrogen) atoms. The first-order chi connectivity index (χ1) is 31.9. The first-order valence-electron chi connectivity index (χ1n) is 25.8. The van der Waals surface area contributed by atoms with Gasteiger partial charge in [-0.15, -0.1) is 0 Å². The highest BCUT2D eigenvalue weighted by Crippen LogP contribution is 2.34. The van der Waals surface area contributed by atoms with E-state index in [0.717, 1.165) is 69.7 Å². The lowest BCUT2D eigenvalue weighted by molar-refractivity contribution is -0.858. The average Bonchev–Trinajstić information content (AvgIpc) is 3.25. The molecule has 4 aromatic rings. The van der Waals surface area contributed by atoms with Crippen molar-refractivity contribution in [1.29, 1.82) is 0 Å². The Hall–Kier alpha value is -4.34. The third-order valence-corrected chi connectivity index (χ3v) is 12.8. The van der Waals surface area contributed by atoms with Crippen LogP contribution in [0.4, 0.5) is 0 Å². The summed E-state index contributed by atoms with van der Waals surface area (Å²) in [5.74, 6) is -0.574. The van der Waals surface area contributed by atoms with Crippen molar-refractivity contribution in [1.82, 2.24) is 9.80 Å². The number of hydrogen-bond acceptors (Lipinski definition) is 4. The summed E-state index contributed by atoms with van der Waals surface area (Å²) in [6.45, 7) is 32.3. The topological polar surface area (TPSA) is 95.8 Å². The summed E-state index contributed by atoms with van der Waals surface area (Å²) in [4.78, 5) is 32.4. The molecule has 4 aromatic carbocycles. The highest BCUT2D eigenvalue weighted by Gasteiger charge is 2.25. The maximum atomic E-state index is 13.8. The number of benzene rings is 4. The molecule has 0 spiro atoms. The van der Waals surface area contributed by atoms with Crippen molar-refractivity contribution < 1.29 is 24.5 Å².